The molecule has 0 saturated carbocycles. The fourth-order valence-corrected chi connectivity index (χ4v) is 5.98. The topological polar surface area (TPSA) is 167 Å². The van der Waals surface area contributed by atoms with Gasteiger partial charge in [0.25, 0.3) is 0 Å². The molecule has 208 valence electrons. The molecule has 5 N–H and O–H groups in total. The van der Waals surface area contributed by atoms with E-state index in [2.05, 4.69) is 29.9 Å². The number of carboxylic acid groups (broad SMARTS) is 1. The van der Waals surface area contributed by atoms with Gasteiger partial charge in [-0.3, -0.25) is 9.36 Å². The number of ether oxygens (including phenoxy) is 2. The van der Waals surface area contributed by atoms with Crippen LogP contribution in [0.1, 0.15) is 39.3 Å². The largest absolute Gasteiger partial charge is 0.573 e. The van der Waals surface area contributed by atoms with Crippen molar-refractivity contribution in [1.29, 1.82) is 0 Å². The van der Waals surface area contributed by atoms with Gasteiger partial charge in [-0.15, -0.1) is 13.2 Å². The standard InChI is InChI=1S/C22H29F3N7O5P/c1-13(9-32-11-29-17-18(26)27-10-28-19(17)32)36-12-38(35,31-21(3,4)20(33)34)30-14(2)15-5-7-16(8-6-15)37-22(23,24)25/h5-8,10-11,13-14H,9,12H2,1-4H3,(H,33,34)(H2,26,27,28)(H2,30,31,35)/t13-,14+,38+/m1/s1. The SMILES string of the molecule is C[C@H](Cn1cnc2c(N)ncnc21)OC[P@](=O)(N[C@@H](C)c1ccc(OC(F)(F)F)cc1)NC(C)(C)C(=O)O. The van der Waals surface area contributed by atoms with Crippen molar-refractivity contribution in [3.63, 3.8) is 0 Å². The number of hydrogen-bond donors (Lipinski definition) is 4. The second kappa shape index (κ2) is 11.2. The Bertz CT molecular complexity index is 1320. The van der Waals surface area contributed by atoms with Crippen LogP contribution < -0.4 is 20.6 Å². The Morgan fingerprint density at radius 3 is 2.45 bits per heavy atom. The number of nitrogens with zero attached hydrogens (tertiary/aromatic N) is 4. The summed E-state index contributed by atoms with van der Waals surface area (Å²) < 4.78 is 62.7. The van der Waals surface area contributed by atoms with Crippen LogP contribution in [0.25, 0.3) is 11.2 Å². The zero-order valence-corrected chi connectivity index (χ0v) is 22.0. The van der Waals surface area contributed by atoms with Gasteiger partial charge >= 0.3 is 12.3 Å². The number of carbonyl (C=O) groups is 1. The zero-order valence-electron chi connectivity index (χ0n) is 21.1. The molecule has 0 unspecified atom stereocenters. The van der Waals surface area contributed by atoms with E-state index in [1.165, 1.54) is 38.6 Å². The van der Waals surface area contributed by atoms with Crippen molar-refractivity contribution in [2.75, 3.05) is 12.1 Å². The lowest BCUT2D eigenvalue weighted by molar-refractivity contribution is -0.274. The number of fused-ring (bicyclic) bond motifs is 1. The number of benzene rings is 1. The van der Waals surface area contributed by atoms with Gasteiger partial charge in [0, 0.05) is 6.04 Å². The monoisotopic (exact) mass is 559 g/mol. The third-order valence-electron chi connectivity index (χ3n) is 5.43. The summed E-state index contributed by atoms with van der Waals surface area (Å²) in [6.07, 6.45) is -2.91. The summed E-state index contributed by atoms with van der Waals surface area (Å²) in [7, 11) is -3.75. The summed E-state index contributed by atoms with van der Waals surface area (Å²) in [5, 5.41) is 15.1. The summed E-state index contributed by atoms with van der Waals surface area (Å²) in [5.74, 6) is -1.42. The molecule has 2 heterocycles. The second-order valence-electron chi connectivity index (χ2n) is 9.18. The molecule has 3 atom stereocenters. The number of alkyl halides is 3. The average Bonchev–Trinajstić information content (AvgIpc) is 3.20. The molecule has 0 aliphatic rings. The van der Waals surface area contributed by atoms with Crippen LogP contribution in [0.15, 0.2) is 36.9 Å². The highest BCUT2D eigenvalue weighted by molar-refractivity contribution is 7.59. The number of aromatic nitrogens is 4. The molecule has 16 heteroatoms. The van der Waals surface area contributed by atoms with Gasteiger partial charge in [-0.05, 0) is 45.4 Å². The van der Waals surface area contributed by atoms with Gasteiger partial charge in [0.1, 0.15) is 29.5 Å². The van der Waals surface area contributed by atoms with Gasteiger partial charge < -0.3 is 24.9 Å². The first-order valence-corrected chi connectivity index (χ1v) is 13.3. The van der Waals surface area contributed by atoms with Crippen molar-refractivity contribution in [2.45, 2.75) is 58.3 Å². The van der Waals surface area contributed by atoms with Gasteiger partial charge in [-0.25, -0.2) is 25.1 Å². The van der Waals surface area contributed by atoms with Crippen LogP contribution in [0.3, 0.4) is 0 Å². The van der Waals surface area contributed by atoms with E-state index in [-0.39, 0.29) is 12.4 Å². The van der Waals surface area contributed by atoms with E-state index in [9.17, 15) is 27.6 Å². The van der Waals surface area contributed by atoms with Crippen LogP contribution in [-0.2, 0) is 20.6 Å². The van der Waals surface area contributed by atoms with Gasteiger partial charge in [-0.1, -0.05) is 12.1 Å². The molecule has 0 spiro atoms. The minimum Gasteiger partial charge on any atom is -0.480 e. The Morgan fingerprint density at radius 2 is 1.84 bits per heavy atom. The number of carboxylic acids is 1. The minimum absolute atomic E-state index is 0.225. The van der Waals surface area contributed by atoms with Crippen LogP contribution >= 0.6 is 7.44 Å². The molecule has 38 heavy (non-hydrogen) atoms. The first-order valence-electron chi connectivity index (χ1n) is 11.4. The van der Waals surface area contributed by atoms with Crippen molar-refractivity contribution < 1.29 is 37.1 Å². The van der Waals surface area contributed by atoms with Crippen molar-refractivity contribution in [3.05, 3.63) is 42.5 Å². The van der Waals surface area contributed by atoms with Gasteiger partial charge in [0.15, 0.2) is 11.5 Å². The molecule has 0 amide bonds. The highest BCUT2D eigenvalue weighted by atomic mass is 31.2. The summed E-state index contributed by atoms with van der Waals surface area (Å²) in [4.78, 5) is 24.0. The summed E-state index contributed by atoms with van der Waals surface area (Å²) in [5.41, 5.74) is 5.63. The van der Waals surface area contributed by atoms with E-state index < -0.39 is 49.6 Å². The van der Waals surface area contributed by atoms with Crippen molar-refractivity contribution in [2.24, 2.45) is 0 Å². The predicted octanol–water partition coefficient (Wildman–Crippen LogP) is 3.67. The third kappa shape index (κ3) is 7.63. The summed E-state index contributed by atoms with van der Waals surface area (Å²) in [6, 6.07) is 4.36. The van der Waals surface area contributed by atoms with Gasteiger partial charge in [-0.2, -0.15) is 0 Å². The van der Waals surface area contributed by atoms with E-state index in [1.807, 2.05) is 0 Å². The first kappa shape index (κ1) is 29.3. The number of aliphatic carboxylic acids is 1. The molecule has 0 bridgehead atoms. The number of halogens is 3. The van der Waals surface area contributed by atoms with Crippen LogP contribution in [0.2, 0.25) is 0 Å². The fourth-order valence-electron chi connectivity index (χ4n) is 3.54. The highest BCUT2D eigenvalue weighted by Gasteiger charge is 2.37. The normalized spacial score (nSPS) is 15.7. The maximum absolute atomic E-state index is 13.9. The summed E-state index contributed by atoms with van der Waals surface area (Å²) in [6.45, 7) is 6.33. The fraction of sp³-hybridized carbons (Fsp3) is 0.455. The summed E-state index contributed by atoms with van der Waals surface area (Å²) >= 11 is 0. The molecule has 12 nitrogen and oxygen atoms in total. The molecule has 0 radical (unpaired) electrons. The molecule has 0 fully saturated rings. The van der Waals surface area contributed by atoms with Crippen LogP contribution in [0.5, 0.6) is 5.75 Å². The molecule has 3 rings (SSSR count). The molecule has 2 aromatic heterocycles. The van der Waals surface area contributed by atoms with Crippen LogP contribution in [-0.4, -0.2) is 54.9 Å². The quantitative estimate of drug-likeness (QED) is 0.239. The maximum Gasteiger partial charge on any atom is 0.573 e. The molecular weight excluding hydrogens is 530 g/mol. The second-order valence-corrected chi connectivity index (χ2v) is 11.4. The molecule has 0 aliphatic heterocycles. The zero-order chi connectivity index (χ0) is 28.3. The first-order chi connectivity index (χ1) is 17.6. The number of imidazole rings is 1. The number of nitrogen functional groups attached to an aromatic ring is 1. The Balaban J connectivity index is 1.73. The van der Waals surface area contributed by atoms with E-state index in [1.54, 1.807) is 18.4 Å². The molecular formula is C22H29F3N7O5P. The average molecular weight is 559 g/mol. The van der Waals surface area contributed by atoms with Crippen molar-refractivity contribution in [3.8, 4) is 5.75 Å². The van der Waals surface area contributed by atoms with E-state index in [0.29, 0.717) is 16.7 Å². The number of nitrogens with one attached hydrogen (secondary N) is 2. The van der Waals surface area contributed by atoms with Crippen LogP contribution in [0.4, 0.5) is 19.0 Å². The number of nitrogens with two attached hydrogens (primary N) is 1. The Morgan fingerprint density at radius 1 is 1.18 bits per heavy atom. The molecule has 3 aromatic rings. The van der Waals surface area contributed by atoms with Gasteiger partial charge in [0.2, 0.25) is 7.44 Å². The van der Waals surface area contributed by atoms with Crippen molar-refractivity contribution >= 4 is 30.4 Å². The Kier molecular flexibility index (Phi) is 8.66. The Hall–Kier alpha value is -3.26. The number of rotatable bonds is 12. The molecule has 1 aromatic carbocycles. The molecule has 0 aliphatic carbocycles. The predicted molar refractivity (Wildman–Crippen MR) is 132 cm³/mol. The highest BCUT2D eigenvalue weighted by Crippen LogP contribution is 2.42. The number of hydrogen-bond acceptors (Lipinski definition) is 8. The lowest BCUT2D eigenvalue weighted by Crippen LogP contribution is -2.47. The van der Waals surface area contributed by atoms with E-state index in [0.717, 1.165) is 12.1 Å². The third-order valence-corrected chi connectivity index (χ3v) is 7.67. The number of anilines is 1. The van der Waals surface area contributed by atoms with Crippen LogP contribution in [0, 0.1) is 0 Å². The lowest BCUT2D eigenvalue weighted by atomic mass is 10.1. The minimum atomic E-state index is -4.83. The van der Waals surface area contributed by atoms with Gasteiger partial charge in [0.05, 0.1) is 19.0 Å². The lowest BCUT2D eigenvalue weighted by Gasteiger charge is -2.32. The molecule has 0 saturated heterocycles. The maximum atomic E-state index is 13.9. The van der Waals surface area contributed by atoms with E-state index >= 15 is 0 Å². The van der Waals surface area contributed by atoms with Crippen molar-refractivity contribution in [1.82, 2.24) is 29.7 Å². The smallest absolute Gasteiger partial charge is 0.480 e. The Labute approximate surface area is 216 Å². The van der Waals surface area contributed by atoms with E-state index in [4.69, 9.17) is 10.5 Å².